The molecule has 3 rings (SSSR count). The minimum atomic E-state index is -1.54. The van der Waals surface area contributed by atoms with E-state index in [1.165, 1.54) is 12.5 Å². The minimum absolute atomic E-state index is 0.00812. The Morgan fingerprint density at radius 3 is 2.25 bits per heavy atom. The molecule has 17 heteroatoms. The van der Waals surface area contributed by atoms with Crippen molar-refractivity contribution < 1.29 is 29.1 Å². The third-order valence-corrected chi connectivity index (χ3v) is 6.66. The maximum Gasteiger partial charge on any atom is 0.326 e. The molecule has 3 aromatic rings. The van der Waals surface area contributed by atoms with Crippen molar-refractivity contribution in [2.75, 3.05) is 6.54 Å². The molecular formula is C27H37N11O6. The summed E-state index contributed by atoms with van der Waals surface area (Å²) in [5.41, 5.74) is 24.1. The number of aromatic amines is 2. The number of benzene rings is 1. The lowest BCUT2D eigenvalue weighted by Crippen LogP contribution is -2.58. The molecule has 4 unspecified atom stereocenters. The molecule has 0 saturated heterocycles. The van der Waals surface area contributed by atoms with Crippen molar-refractivity contribution in [2.45, 2.75) is 56.3 Å². The number of aromatic nitrogens is 3. The van der Waals surface area contributed by atoms with Crippen LogP contribution < -0.4 is 38.9 Å². The molecule has 17 nitrogen and oxygen atoms in total. The van der Waals surface area contributed by atoms with Crippen molar-refractivity contribution >= 4 is 46.5 Å². The Bertz CT molecular complexity index is 1480. The summed E-state index contributed by atoms with van der Waals surface area (Å²) in [6, 6.07) is 2.13. The van der Waals surface area contributed by atoms with Gasteiger partial charge < -0.3 is 54.0 Å². The topological polar surface area (TPSA) is 303 Å². The Morgan fingerprint density at radius 2 is 1.59 bits per heavy atom. The van der Waals surface area contributed by atoms with E-state index in [2.05, 4.69) is 35.9 Å². The summed E-state index contributed by atoms with van der Waals surface area (Å²) >= 11 is 0. The van der Waals surface area contributed by atoms with E-state index in [4.69, 9.17) is 22.9 Å². The lowest BCUT2D eigenvalue weighted by atomic mass is 10.0. The molecule has 0 aliphatic rings. The number of nitrogens with one attached hydrogen (secondary N) is 5. The normalized spacial score (nSPS) is 13.7. The highest BCUT2D eigenvalue weighted by Crippen LogP contribution is 2.19. The standard InChI is InChI=1S/C27H37N11O6/c28-17(9-15-12-32-13-35-15)23(40)37-20(8-14-11-34-18-5-2-1-4-16(14)18)24(41)38-21(10-22(29)39)25(42)36-19(26(43)44)6-3-7-33-27(30)31/h1-2,4-5,11-13,17,19-21,34H,3,6-10,28H2,(H2,29,39)(H,32,35)(H,36,42)(H,37,40)(H,38,41)(H,43,44)(H4,30,31,33). The van der Waals surface area contributed by atoms with E-state index in [0.717, 1.165) is 10.9 Å². The number of primary amides is 1. The van der Waals surface area contributed by atoms with Gasteiger partial charge in [0.25, 0.3) is 0 Å². The number of rotatable bonds is 17. The Kier molecular flexibility index (Phi) is 11.8. The number of para-hydroxylation sites is 1. The summed E-state index contributed by atoms with van der Waals surface area (Å²) in [7, 11) is 0. The number of carbonyl (C=O) groups is 5. The number of H-pyrrole nitrogens is 2. The number of carboxylic acids is 1. The summed E-state index contributed by atoms with van der Waals surface area (Å²) in [4.78, 5) is 77.0. The lowest BCUT2D eigenvalue weighted by molar-refractivity contribution is -0.142. The molecule has 2 aromatic heterocycles. The van der Waals surface area contributed by atoms with E-state index < -0.39 is 60.2 Å². The number of fused-ring (bicyclic) bond motifs is 1. The van der Waals surface area contributed by atoms with Crippen molar-refractivity contribution in [1.29, 1.82) is 0 Å². The van der Waals surface area contributed by atoms with Crippen molar-refractivity contribution in [3.8, 4) is 0 Å². The minimum Gasteiger partial charge on any atom is -0.480 e. The van der Waals surface area contributed by atoms with Crippen LogP contribution in [0.1, 0.15) is 30.5 Å². The lowest BCUT2D eigenvalue weighted by Gasteiger charge is -2.25. The molecule has 0 spiro atoms. The first kappa shape index (κ1) is 33.1. The number of guanidine groups is 1. The van der Waals surface area contributed by atoms with Crippen LogP contribution in [-0.4, -0.2) is 86.3 Å². The molecule has 4 atom stereocenters. The average Bonchev–Trinajstić information content (AvgIpc) is 3.63. The smallest absolute Gasteiger partial charge is 0.326 e. The summed E-state index contributed by atoms with van der Waals surface area (Å²) in [6.07, 6.45) is 4.30. The Hall–Kier alpha value is -5.45. The predicted molar refractivity (Wildman–Crippen MR) is 159 cm³/mol. The van der Waals surface area contributed by atoms with Gasteiger partial charge in [-0.1, -0.05) is 18.2 Å². The molecule has 0 aliphatic carbocycles. The first-order valence-electron chi connectivity index (χ1n) is 13.7. The average molecular weight is 612 g/mol. The van der Waals surface area contributed by atoms with Crippen LogP contribution in [0.2, 0.25) is 0 Å². The van der Waals surface area contributed by atoms with Crippen molar-refractivity contribution in [3.63, 3.8) is 0 Å². The SMILES string of the molecule is NC(=O)CC(NC(=O)C(Cc1c[nH]c2ccccc12)NC(=O)C(N)Cc1cnc[nH]1)C(=O)NC(CCCN=C(N)N)C(=O)O. The largest absolute Gasteiger partial charge is 0.480 e. The summed E-state index contributed by atoms with van der Waals surface area (Å²) in [6.45, 7) is 0.126. The fourth-order valence-corrected chi connectivity index (χ4v) is 4.45. The highest BCUT2D eigenvalue weighted by atomic mass is 16.4. The van der Waals surface area contributed by atoms with E-state index in [1.807, 2.05) is 24.3 Å². The molecule has 236 valence electrons. The number of hydrogen-bond donors (Lipinski definition) is 10. The third-order valence-electron chi connectivity index (χ3n) is 6.66. The van der Waals surface area contributed by atoms with Crippen LogP contribution in [0, 0.1) is 0 Å². The molecule has 2 heterocycles. The van der Waals surface area contributed by atoms with Gasteiger partial charge in [-0.3, -0.25) is 24.2 Å². The number of carboxylic acid groups (broad SMARTS) is 1. The zero-order valence-corrected chi connectivity index (χ0v) is 23.8. The monoisotopic (exact) mass is 611 g/mol. The van der Waals surface area contributed by atoms with Gasteiger partial charge in [0, 0.05) is 48.4 Å². The molecule has 14 N–H and O–H groups in total. The van der Waals surface area contributed by atoms with Crippen LogP contribution in [0.4, 0.5) is 0 Å². The highest BCUT2D eigenvalue weighted by molar-refractivity contribution is 5.96. The van der Waals surface area contributed by atoms with Crippen molar-refractivity contribution in [1.82, 2.24) is 30.9 Å². The fraction of sp³-hybridized carbons (Fsp3) is 0.370. The summed E-state index contributed by atoms with van der Waals surface area (Å²) < 4.78 is 0. The predicted octanol–water partition coefficient (Wildman–Crippen LogP) is -2.53. The second-order valence-electron chi connectivity index (χ2n) is 10.1. The third kappa shape index (κ3) is 9.83. The van der Waals surface area contributed by atoms with E-state index in [9.17, 15) is 29.1 Å². The van der Waals surface area contributed by atoms with Gasteiger partial charge in [-0.15, -0.1) is 0 Å². The number of imidazole rings is 1. The van der Waals surface area contributed by atoms with Gasteiger partial charge in [0.15, 0.2) is 5.96 Å². The van der Waals surface area contributed by atoms with Gasteiger partial charge >= 0.3 is 5.97 Å². The molecule has 44 heavy (non-hydrogen) atoms. The number of nitrogens with two attached hydrogens (primary N) is 4. The number of hydrogen-bond acceptors (Lipinski definition) is 8. The molecule has 0 bridgehead atoms. The first-order valence-corrected chi connectivity index (χ1v) is 13.7. The van der Waals surface area contributed by atoms with Crippen LogP contribution in [0.25, 0.3) is 10.9 Å². The van der Waals surface area contributed by atoms with E-state index in [-0.39, 0.29) is 38.2 Å². The van der Waals surface area contributed by atoms with E-state index in [0.29, 0.717) is 11.3 Å². The van der Waals surface area contributed by atoms with Crippen LogP contribution in [0.5, 0.6) is 0 Å². The van der Waals surface area contributed by atoms with Crippen LogP contribution in [0.15, 0.2) is 48.0 Å². The Morgan fingerprint density at radius 1 is 0.909 bits per heavy atom. The molecule has 1 aromatic carbocycles. The quantitative estimate of drug-likeness (QED) is 0.0433. The van der Waals surface area contributed by atoms with Crippen LogP contribution in [-0.2, 0) is 36.8 Å². The van der Waals surface area contributed by atoms with Gasteiger partial charge in [-0.25, -0.2) is 9.78 Å². The number of nitrogens with zero attached hydrogens (tertiary/aromatic N) is 2. The maximum absolute atomic E-state index is 13.6. The maximum atomic E-state index is 13.6. The fourth-order valence-electron chi connectivity index (χ4n) is 4.45. The molecule has 0 fully saturated rings. The van der Waals surface area contributed by atoms with Crippen LogP contribution >= 0.6 is 0 Å². The van der Waals surface area contributed by atoms with Crippen LogP contribution in [0.3, 0.4) is 0 Å². The first-order chi connectivity index (χ1) is 20.9. The van der Waals surface area contributed by atoms with Gasteiger partial charge in [-0.05, 0) is 24.5 Å². The molecular weight excluding hydrogens is 574 g/mol. The van der Waals surface area contributed by atoms with E-state index >= 15 is 0 Å². The summed E-state index contributed by atoms with van der Waals surface area (Å²) in [5.74, 6) is -4.87. The van der Waals surface area contributed by atoms with Crippen molar-refractivity contribution in [2.24, 2.45) is 27.9 Å². The molecule has 0 radical (unpaired) electrons. The number of carbonyl (C=O) groups excluding carboxylic acids is 4. The Balaban J connectivity index is 1.79. The second kappa shape index (κ2) is 15.7. The summed E-state index contributed by atoms with van der Waals surface area (Å²) in [5, 5.41) is 17.8. The highest BCUT2D eigenvalue weighted by Gasteiger charge is 2.32. The number of aliphatic carboxylic acids is 1. The van der Waals surface area contributed by atoms with Gasteiger partial charge in [-0.2, -0.15) is 0 Å². The Labute approximate surface area is 251 Å². The van der Waals surface area contributed by atoms with Gasteiger partial charge in [0.1, 0.15) is 18.1 Å². The van der Waals surface area contributed by atoms with E-state index in [1.54, 1.807) is 6.20 Å². The molecule has 4 amide bonds. The van der Waals surface area contributed by atoms with Crippen molar-refractivity contribution in [3.05, 3.63) is 54.2 Å². The molecule has 0 aliphatic heterocycles. The number of amides is 4. The number of aliphatic imine (C=N–C) groups is 1. The van der Waals surface area contributed by atoms with Gasteiger partial charge in [0.05, 0.1) is 18.8 Å². The zero-order valence-electron chi connectivity index (χ0n) is 23.8. The zero-order chi connectivity index (χ0) is 32.2. The molecule has 0 saturated carbocycles. The van der Waals surface area contributed by atoms with Gasteiger partial charge in [0.2, 0.25) is 23.6 Å². The second-order valence-corrected chi connectivity index (χ2v) is 10.1.